The summed E-state index contributed by atoms with van der Waals surface area (Å²) in [5.74, 6) is 1.31. The number of piperidine rings is 1. The maximum absolute atomic E-state index is 13.2. The molecule has 2 aromatic heterocycles. The first-order valence-corrected chi connectivity index (χ1v) is 14.9. The monoisotopic (exact) mass is 576 g/mol. The van der Waals surface area contributed by atoms with Gasteiger partial charge < -0.3 is 9.30 Å². The van der Waals surface area contributed by atoms with Gasteiger partial charge in [0.25, 0.3) is 0 Å². The van der Waals surface area contributed by atoms with E-state index < -0.39 is 5.41 Å². The van der Waals surface area contributed by atoms with Crippen LogP contribution >= 0.6 is 11.6 Å². The average molecular weight is 577 g/mol. The molecule has 218 valence electrons. The summed E-state index contributed by atoms with van der Waals surface area (Å²) in [6.07, 6.45) is 7.66. The number of aromatic nitrogens is 5. The molecule has 0 saturated carbocycles. The third-order valence-corrected chi connectivity index (χ3v) is 9.39. The number of halogens is 1. The number of hydrogen-bond donors (Lipinski definition) is 0. The predicted octanol–water partition coefficient (Wildman–Crippen LogP) is 6.13. The normalized spacial score (nSPS) is 15.9. The van der Waals surface area contributed by atoms with Crippen molar-refractivity contribution in [1.29, 1.82) is 0 Å². The zero-order valence-corrected chi connectivity index (χ0v) is 25.8. The lowest BCUT2D eigenvalue weighted by Gasteiger charge is -2.34. The van der Waals surface area contributed by atoms with Crippen molar-refractivity contribution >= 4 is 28.6 Å². The molecule has 0 N–H and O–H groups in total. The highest BCUT2D eigenvalue weighted by molar-refractivity contribution is 6.31. The van der Waals surface area contributed by atoms with Crippen LogP contribution in [0, 0.1) is 18.3 Å². The van der Waals surface area contributed by atoms with Gasteiger partial charge in [-0.1, -0.05) is 48.4 Å². The molecule has 0 amide bonds. The van der Waals surface area contributed by atoms with E-state index in [1.54, 1.807) is 4.68 Å². The number of carbonyl (C=O) groups is 1. The highest BCUT2D eigenvalue weighted by Crippen LogP contribution is 2.44. The van der Waals surface area contributed by atoms with E-state index in [4.69, 9.17) is 21.3 Å². The van der Waals surface area contributed by atoms with Gasteiger partial charge in [0, 0.05) is 30.4 Å². The van der Waals surface area contributed by atoms with E-state index in [1.807, 2.05) is 58.4 Å². The van der Waals surface area contributed by atoms with Crippen molar-refractivity contribution in [2.75, 3.05) is 20.2 Å². The number of imidazole rings is 1. The summed E-state index contributed by atoms with van der Waals surface area (Å²) >= 11 is 6.80. The molecule has 8 nitrogen and oxygen atoms in total. The zero-order chi connectivity index (χ0) is 29.3. The highest BCUT2D eigenvalue weighted by Gasteiger charge is 2.41. The number of fused-ring (bicyclic) bond motifs is 1. The Labute approximate surface area is 247 Å². The maximum atomic E-state index is 13.2. The van der Waals surface area contributed by atoms with Crippen LogP contribution in [0.1, 0.15) is 74.0 Å². The standard InChI is InChI=1S/C32H41ClN6O2/c1-7-22-12-15-38(16-13-22)20-28-34-14-17-39(28)19-24-18-23(8-10-26(24)33)29(32(3,4)31(40)41-6)25-9-11-27-30(21(25)2)35-36-37(27)5/h8-11,14,17-18,22,29H,7,12-13,15-16,19-20H2,1-6H3. The fourth-order valence-corrected chi connectivity index (χ4v) is 6.57. The number of carbonyl (C=O) groups excluding carboxylic acids is 1. The summed E-state index contributed by atoms with van der Waals surface area (Å²) in [5.41, 5.74) is 4.91. The molecular weight excluding hydrogens is 536 g/mol. The predicted molar refractivity (Wildman–Crippen MR) is 162 cm³/mol. The van der Waals surface area contributed by atoms with Gasteiger partial charge in [0.05, 0.1) is 31.1 Å². The van der Waals surface area contributed by atoms with Crippen LogP contribution in [0.25, 0.3) is 11.0 Å². The minimum absolute atomic E-state index is 0.276. The smallest absolute Gasteiger partial charge is 0.312 e. The Hall–Kier alpha value is -3.23. The number of aryl methyl sites for hydroxylation is 2. The Morgan fingerprint density at radius 1 is 1.17 bits per heavy atom. The minimum atomic E-state index is -0.856. The van der Waals surface area contributed by atoms with E-state index in [0.29, 0.717) is 11.6 Å². The second kappa shape index (κ2) is 11.9. The van der Waals surface area contributed by atoms with E-state index >= 15 is 0 Å². The molecule has 1 aliphatic heterocycles. The van der Waals surface area contributed by atoms with Crippen LogP contribution in [-0.2, 0) is 29.7 Å². The molecule has 1 fully saturated rings. The number of nitrogens with zero attached hydrogens (tertiary/aromatic N) is 6. The molecule has 2 aromatic carbocycles. The SMILES string of the molecule is CCC1CCN(Cc2nccn2Cc2cc(C(c3ccc4c(nnn4C)c3C)C(C)(C)C(=O)OC)ccc2Cl)CC1. The summed E-state index contributed by atoms with van der Waals surface area (Å²) < 4.78 is 9.25. The minimum Gasteiger partial charge on any atom is -0.469 e. The Kier molecular flexibility index (Phi) is 8.52. The fraction of sp³-hybridized carbons (Fsp3) is 0.500. The van der Waals surface area contributed by atoms with Crippen LogP contribution in [0.15, 0.2) is 42.7 Å². The molecule has 1 unspecified atom stereocenters. The number of likely N-dealkylation sites (tertiary alicyclic amines) is 1. The average Bonchev–Trinajstić information content (AvgIpc) is 3.57. The Morgan fingerprint density at radius 3 is 2.63 bits per heavy atom. The van der Waals surface area contributed by atoms with Crippen molar-refractivity contribution < 1.29 is 9.53 Å². The summed E-state index contributed by atoms with van der Waals surface area (Å²) in [5, 5.41) is 9.31. The second-order valence-electron chi connectivity index (χ2n) is 12.0. The fourth-order valence-electron chi connectivity index (χ4n) is 6.39. The molecule has 0 aliphatic carbocycles. The molecule has 0 bridgehead atoms. The van der Waals surface area contributed by atoms with Crippen LogP contribution in [0.2, 0.25) is 5.02 Å². The third-order valence-electron chi connectivity index (χ3n) is 9.02. The largest absolute Gasteiger partial charge is 0.469 e. The van der Waals surface area contributed by atoms with E-state index in [1.165, 1.54) is 26.4 Å². The van der Waals surface area contributed by atoms with Crippen LogP contribution < -0.4 is 0 Å². The summed E-state index contributed by atoms with van der Waals surface area (Å²) in [4.78, 5) is 20.4. The number of rotatable bonds is 9. The number of hydrogen-bond acceptors (Lipinski definition) is 6. The Bertz CT molecular complexity index is 1530. The first kappa shape index (κ1) is 29.3. The lowest BCUT2D eigenvalue weighted by atomic mass is 9.70. The molecule has 5 rings (SSSR count). The molecule has 0 radical (unpaired) electrons. The van der Waals surface area contributed by atoms with Crippen molar-refractivity contribution in [3.05, 3.63) is 75.8 Å². The molecular formula is C32H41ClN6O2. The number of methoxy groups -OCH3 is 1. The zero-order valence-electron chi connectivity index (χ0n) is 25.0. The highest BCUT2D eigenvalue weighted by atomic mass is 35.5. The third kappa shape index (κ3) is 5.77. The first-order chi connectivity index (χ1) is 19.6. The number of esters is 1. The van der Waals surface area contributed by atoms with Gasteiger partial charge in [-0.05, 0) is 87.0 Å². The lowest BCUT2D eigenvalue weighted by Crippen LogP contribution is -2.34. The molecule has 1 aliphatic rings. The van der Waals surface area contributed by atoms with Crippen molar-refractivity contribution in [3.8, 4) is 0 Å². The number of benzene rings is 2. The van der Waals surface area contributed by atoms with Crippen molar-refractivity contribution in [1.82, 2.24) is 29.4 Å². The van der Waals surface area contributed by atoms with Crippen molar-refractivity contribution in [2.45, 2.75) is 66.0 Å². The molecule has 9 heteroatoms. The van der Waals surface area contributed by atoms with Gasteiger partial charge in [0.1, 0.15) is 11.3 Å². The van der Waals surface area contributed by atoms with Crippen LogP contribution in [0.4, 0.5) is 0 Å². The quantitative estimate of drug-likeness (QED) is 0.223. The van der Waals surface area contributed by atoms with Gasteiger partial charge in [-0.3, -0.25) is 9.69 Å². The van der Waals surface area contributed by atoms with Gasteiger partial charge in [-0.25, -0.2) is 9.67 Å². The first-order valence-electron chi connectivity index (χ1n) is 14.5. The molecule has 3 heterocycles. The topological polar surface area (TPSA) is 78.1 Å². The van der Waals surface area contributed by atoms with Crippen LogP contribution in [0.3, 0.4) is 0 Å². The van der Waals surface area contributed by atoms with Crippen LogP contribution in [-0.4, -0.2) is 55.6 Å². The second-order valence-corrected chi connectivity index (χ2v) is 12.4. The van der Waals surface area contributed by atoms with E-state index in [-0.39, 0.29) is 11.9 Å². The molecule has 0 spiro atoms. The van der Waals surface area contributed by atoms with E-state index in [9.17, 15) is 4.79 Å². The maximum Gasteiger partial charge on any atom is 0.312 e. The van der Waals surface area contributed by atoms with Gasteiger partial charge in [-0.2, -0.15) is 0 Å². The summed E-state index contributed by atoms with van der Waals surface area (Å²) in [6.45, 7) is 11.9. The molecule has 1 atom stereocenters. The van der Waals surface area contributed by atoms with Crippen LogP contribution in [0.5, 0.6) is 0 Å². The molecule has 4 aromatic rings. The van der Waals surface area contributed by atoms with Gasteiger partial charge in [0.2, 0.25) is 0 Å². The van der Waals surface area contributed by atoms with E-state index in [0.717, 1.165) is 64.7 Å². The summed E-state index contributed by atoms with van der Waals surface area (Å²) in [7, 11) is 3.33. The summed E-state index contributed by atoms with van der Waals surface area (Å²) in [6, 6.07) is 10.2. The Morgan fingerprint density at radius 2 is 1.93 bits per heavy atom. The van der Waals surface area contributed by atoms with Crippen molar-refractivity contribution in [3.63, 3.8) is 0 Å². The molecule has 41 heavy (non-hydrogen) atoms. The van der Waals surface area contributed by atoms with Gasteiger partial charge >= 0.3 is 5.97 Å². The van der Waals surface area contributed by atoms with Crippen molar-refractivity contribution in [2.24, 2.45) is 18.4 Å². The molecule has 1 saturated heterocycles. The number of ether oxygens (including phenoxy) is 1. The lowest BCUT2D eigenvalue weighted by molar-refractivity contribution is -0.151. The van der Waals surface area contributed by atoms with Gasteiger partial charge in [0.15, 0.2) is 0 Å². The van der Waals surface area contributed by atoms with Gasteiger partial charge in [-0.15, -0.1) is 5.10 Å². The van der Waals surface area contributed by atoms with E-state index in [2.05, 4.69) is 38.8 Å². The Balaban J connectivity index is 1.50.